The number of anilines is 1. The van der Waals surface area contributed by atoms with Crippen molar-refractivity contribution in [3.8, 4) is 11.8 Å². The first kappa shape index (κ1) is 15.4. The van der Waals surface area contributed by atoms with Crippen molar-refractivity contribution in [1.29, 1.82) is 5.26 Å². The van der Waals surface area contributed by atoms with Crippen LogP contribution >= 0.6 is 0 Å². The second kappa shape index (κ2) is 6.71. The van der Waals surface area contributed by atoms with Crippen molar-refractivity contribution in [1.82, 2.24) is 4.98 Å². The normalized spacial score (nSPS) is 11.1. The van der Waals surface area contributed by atoms with E-state index in [1.165, 1.54) is 0 Å². The van der Waals surface area contributed by atoms with Crippen molar-refractivity contribution in [2.45, 2.75) is 0 Å². The zero-order valence-corrected chi connectivity index (χ0v) is 13.0. The Balaban J connectivity index is 1.84. The van der Waals surface area contributed by atoms with Gasteiger partial charge in [-0.1, -0.05) is 18.2 Å². The summed E-state index contributed by atoms with van der Waals surface area (Å²) in [7, 11) is 1.57. The lowest BCUT2D eigenvalue weighted by atomic mass is 10.1. The van der Waals surface area contributed by atoms with Crippen LogP contribution < -0.4 is 10.1 Å². The lowest BCUT2D eigenvalue weighted by molar-refractivity contribution is -0.112. The second-order valence-electron chi connectivity index (χ2n) is 5.14. The molecule has 3 aromatic rings. The number of aromatic nitrogens is 1. The molecule has 2 N–H and O–H groups in total. The molecule has 1 amide bonds. The molecule has 0 saturated carbocycles. The van der Waals surface area contributed by atoms with Crippen LogP contribution in [0.3, 0.4) is 0 Å². The number of rotatable bonds is 4. The standard InChI is InChI=1S/C19H15N3O2/c1-24-16-8-6-15(7-9-16)22-19(23)13(11-20)10-14-12-21-18-5-3-2-4-17(14)18/h2-10,12,21H,1H3,(H,22,23)/b13-10+. The number of ether oxygens (including phenoxy) is 1. The Bertz CT molecular complexity index is 947. The molecule has 5 heteroatoms. The van der Waals surface area contributed by atoms with Gasteiger partial charge in [-0.15, -0.1) is 0 Å². The van der Waals surface area contributed by atoms with Crippen LogP contribution in [0.15, 0.2) is 60.3 Å². The Kier molecular flexibility index (Phi) is 4.30. The third-order valence-electron chi connectivity index (χ3n) is 3.63. The maximum atomic E-state index is 12.3. The highest BCUT2D eigenvalue weighted by molar-refractivity contribution is 6.10. The third-order valence-corrected chi connectivity index (χ3v) is 3.63. The van der Waals surface area contributed by atoms with E-state index in [9.17, 15) is 10.1 Å². The van der Waals surface area contributed by atoms with Crippen molar-refractivity contribution in [3.05, 3.63) is 65.9 Å². The van der Waals surface area contributed by atoms with Crippen LogP contribution in [0.2, 0.25) is 0 Å². The monoisotopic (exact) mass is 317 g/mol. The summed E-state index contributed by atoms with van der Waals surface area (Å²) >= 11 is 0. The van der Waals surface area contributed by atoms with Gasteiger partial charge in [0.2, 0.25) is 0 Å². The summed E-state index contributed by atoms with van der Waals surface area (Å²) in [4.78, 5) is 15.4. The molecular weight excluding hydrogens is 302 g/mol. The van der Waals surface area contributed by atoms with Gasteiger partial charge in [0.1, 0.15) is 17.4 Å². The number of aromatic amines is 1. The summed E-state index contributed by atoms with van der Waals surface area (Å²) in [5.41, 5.74) is 2.39. The van der Waals surface area contributed by atoms with Crippen molar-refractivity contribution in [2.24, 2.45) is 0 Å². The minimum Gasteiger partial charge on any atom is -0.497 e. The molecule has 1 heterocycles. The molecule has 0 fully saturated rings. The molecule has 5 nitrogen and oxygen atoms in total. The van der Waals surface area contributed by atoms with Gasteiger partial charge in [0.05, 0.1) is 7.11 Å². The van der Waals surface area contributed by atoms with Gasteiger partial charge >= 0.3 is 0 Å². The van der Waals surface area contributed by atoms with E-state index in [1.54, 1.807) is 43.6 Å². The van der Waals surface area contributed by atoms with Crippen molar-refractivity contribution in [3.63, 3.8) is 0 Å². The maximum Gasteiger partial charge on any atom is 0.266 e. The van der Waals surface area contributed by atoms with Crippen molar-refractivity contribution < 1.29 is 9.53 Å². The number of amides is 1. The van der Waals surface area contributed by atoms with Crippen LogP contribution in [-0.2, 0) is 4.79 Å². The first-order valence-corrected chi connectivity index (χ1v) is 7.34. The highest BCUT2D eigenvalue weighted by atomic mass is 16.5. The van der Waals surface area contributed by atoms with E-state index < -0.39 is 5.91 Å². The number of H-pyrrole nitrogens is 1. The molecule has 0 spiro atoms. The van der Waals surface area contributed by atoms with E-state index in [0.717, 1.165) is 16.5 Å². The second-order valence-corrected chi connectivity index (χ2v) is 5.14. The van der Waals surface area contributed by atoms with Crippen LogP contribution in [0.25, 0.3) is 17.0 Å². The number of para-hydroxylation sites is 1. The minimum atomic E-state index is -0.451. The number of fused-ring (bicyclic) bond motifs is 1. The van der Waals surface area contributed by atoms with E-state index in [2.05, 4.69) is 10.3 Å². The fourth-order valence-corrected chi connectivity index (χ4v) is 2.39. The molecule has 24 heavy (non-hydrogen) atoms. The predicted molar refractivity (Wildman–Crippen MR) is 93.5 cm³/mol. The molecule has 0 radical (unpaired) electrons. The topological polar surface area (TPSA) is 77.9 Å². The molecule has 0 bridgehead atoms. The minimum absolute atomic E-state index is 0.0376. The van der Waals surface area contributed by atoms with Gasteiger partial charge < -0.3 is 15.0 Å². The number of hydrogen-bond acceptors (Lipinski definition) is 3. The summed E-state index contributed by atoms with van der Waals surface area (Å²) in [5, 5.41) is 13.0. The number of carbonyl (C=O) groups is 1. The first-order chi connectivity index (χ1) is 11.7. The average molecular weight is 317 g/mol. The number of hydrogen-bond donors (Lipinski definition) is 2. The smallest absolute Gasteiger partial charge is 0.266 e. The lowest BCUT2D eigenvalue weighted by Gasteiger charge is -2.05. The highest BCUT2D eigenvalue weighted by Crippen LogP contribution is 2.21. The summed E-state index contributed by atoms with van der Waals surface area (Å²) in [6.45, 7) is 0. The molecule has 2 aromatic carbocycles. The van der Waals surface area contributed by atoms with Crippen LogP contribution in [0.4, 0.5) is 5.69 Å². The Morgan fingerprint density at radius 2 is 1.96 bits per heavy atom. The average Bonchev–Trinajstić information content (AvgIpc) is 3.03. The van der Waals surface area contributed by atoms with Gasteiger partial charge in [-0.25, -0.2) is 0 Å². The number of methoxy groups -OCH3 is 1. The van der Waals surface area contributed by atoms with Gasteiger partial charge in [0, 0.05) is 28.4 Å². The van der Waals surface area contributed by atoms with Gasteiger partial charge in [0.15, 0.2) is 0 Å². The van der Waals surface area contributed by atoms with Gasteiger partial charge in [-0.3, -0.25) is 4.79 Å². The Morgan fingerprint density at radius 3 is 2.67 bits per heavy atom. The molecule has 0 aliphatic heterocycles. The zero-order chi connectivity index (χ0) is 16.9. The quantitative estimate of drug-likeness (QED) is 0.568. The molecule has 118 valence electrons. The molecule has 0 aliphatic rings. The van der Waals surface area contributed by atoms with Gasteiger partial charge in [-0.2, -0.15) is 5.26 Å². The first-order valence-electron chi connectivity index (χ1n) is 7.34. The van der Waals surface area contributed by atoms with E-state index in [0.29, 0.717) is 11.4 Å². The number of nitriles is 1. The largest absolute Gasteiger partial charge is 0.497 e. The van der Waals surface area contributed by atoms with Crippen LogP contribution in [0.5, 0.6) is 5.75 Å². The van der Waals surface area contributed by atoms with Crippen molar-refractivity contribution in [2.75, 3.05) is 12.4 Å². The maximum absolute atomic E-state index is 12.3. The zero-order valence-electron chi connectivity index (χ0n) is 13.0. The van der Waals surface area contributed by atoms with Gasteiger partial charge in [-0.05, 0) is 36.4 Å². The molecule has 0 atom stereocenters. The van der Waals surface area contributed by atoms with Gasteiger partial charge in [0.25, 0.3) is 5.91 Å². The molecule has 0 aliphatic carbocycles. The summed E-state index contributed by atoms with van der Waals surface area (Å²) in [5.74, 6) is 0.246. The Hall–Kier alpha value is -3.52. The predicted octanol–water partition coefficient (Wildman–Crippen LogP) is 3.72. The number of carbonyl (C=O) groups excluding carboxylic acids is 1. The Labute approximate surface area is 139 Å². The third kappa shape index (κ3) is 3.13. The van der Waals surface area contributed by atoms with Crippen LogP contribution in [0, 0.1) is 11.3 Å². The van der Waals surface area contributed by atoms with E-state index in [-0.39, 0.29) is 5.57 Å². The van der Waals surface area contributed by atoms with E-state index in [4.69, 9.17) is 4.74 Å². The molecule has 3 rings (SSSR count). The van der Waals surface area contributed by atoms with Crippen LogP contribution in [0.1, 0.15) is 5.56 Å². The van der Waals surface area contributed by atoms with Crippen LogP contribution in [-0.4, -0.2) is 18.0 Å². The Morgan fingerprint density at radius 1 is 1.21 bits per heavy atom. The highest BCUT2D eigenvalue weighted by Gasteiger charge is 2.11. The van der Waals surface area contributed by atoms with Crippen molar-refractivity contribution >= 4 is 28.6 Å². The summed E-state index contributed by atoms with van der Waals surface area (Å²) in [6, 6.07) is 16.6. The summed E-state index contributed by atoms with van der Waals surface area (Å²) in [6.07, 6.45) is 3.36. The van der Waals surface area contributed by atoms with E-state index >= 15 is 0 Å². The fraction of sp³-hybridized carbons (Fsp3) is 0.0526. The molecule has 0 unspecified atom stereocenters. The SMILES string of the molecule is COc1ccc(NC(=O)/C(C#N)=C/c2c[nH]c3ccccc23)cc1. The number of nitrogens with zero attached hydrogens (tertiary/aromatic N) is 1. The number of nitrogens with one attached hydrogen (secondary N) is 2. The summed E-state index contributed by atoms with van der Waals surface area (Å²) < 4.78 is 5.07. The molecular formula is C19H15N3O2. The molecule has 0 saturated heterocycles. The lowest BCUT2D eigenvalue weighted by Crippen LogP contribution is -2.13. The molecule has 1 aromatic heterocycles. The fourth-order valence-electron chi connectivity index (χ4n) is 2.39. The van der Waals surface area contributed by atoms with E-state index in [1.807, 2.05) is 30.3 Å². The number of benzene rings is 2.